The first-order valence-electron chi connectivity index (χ1n) is 3.15. The van der Waals surface area contributed by atoms with Gasteiger partial charge in [-0.15, -0.1) is 0 Å². The number of rotatable bonds is 1. The Labute approximate surface area is 60.5 Å². The fraction of sp³-hybridized carbons (Fsp3) is 0.375. The summed E-state index contributed by atoms with van der Waals surface area (Å²) in [5, 5.41) is 9.44. The summed E-state index contributed by atoms with van der Waals surface area (Å²) in [6.07, 6.45) is 4.25. The highest BCUT2D eigenvalue weighted by atomic mass is 16.3. The molecule has 1 aromatic heterocycles. The SMILES string of the molecule is CC(C)(O)c1cc[c]nc1. The van der Waals surface area contributed by atoms with Crippen LogP contribution >= 0.6 is 0 Å². The predicted molar refractivity (Wildman–Crippen MR) is 38.3 cm³/mol. The van der Waals surface area contributed by atoms with Crippen LogP contribution in [0.1, 0.15) is 19.4 Å². The number of nitrogens with zero attached hydrogens (tertiary/aromatic N) is 1. The second-order valence-corrected chi connectivity index (χ2v) is 2.73. The summed E-state index contributed by atoms with van der Waals surface area (Å²) >= 11 is 0. The summed E-state index contributed by atoms with van der Waals surface area (Å²) in [6.45, 7) is 3.45. The second kappa shape index (κ2) is 2.39. The molecular formula is C8H10NO. The highest BCUT2D eigenvalue weighted by molar-refractivity contribution is 5.14. The summed E-state index contributed by atoms with van der Waals surface area (Å²) in [4.78, 5) is 3.77. The molecule has 0 amide bonds. The van der Waals surface area contributed by atoms with Gasteiger partial charge in [0.25, 0.3) is 0 Å². The molecular weight excluding hydrogens is 126 g/mol. The van der Waals surface area contributed by atoms with Crippen molar-refractivity contribution in [2.45, 2.75) is 19.4 Å². The monoisotopic (exact) mass is 136 g/mol. The topological polar surface area (TPSA) is 33.1 Å². The van der Waals surface area contributed by atoms with Crippen LogP contribution in [0, 0.1) is 6.20 Å². The van der Waals surface area contributed by atoms with Gasteiger partial charge in [-0.25, -0.2) is 0 Å². The van der Waals surface area contributed by atoms with E-state index in [-0.39, 0.29) is 0 Å². The van der Waals surface area contributed by atoms with E-state index in [9.17, 15) is 5.11 Å². The van der Waals surface area contributed by atoms with Crippen molar-refractivity contribution in [3.05, 3.63) is 30.1 Å². The van der Waals surface area contributed by atoms with Crippen LogP contribution in [0.2, 0.25) is 0 Å². The van der Waals surface area contributed by atoms with E-state index >= 15 is 0 Å². The Kier molecular flexibility index (Phi) is 1.72. The zero-order chi connectivity index (χ0) is 7.61. The van der Waals surface area contributed by atoms with Crippen LogP contribution < -0.4 is 0 Å². The standard InChI is InChI=1S/C8H10NO/c1-8(2,10)7-4-3-5-9-6-7/h3-4,6,10H,1-2H3. The van der Waals surface area contributed by atoms with Crippen LogP contribution in [-0.2, 0) is 5.60 Å². The molecule has 1 rings (SSSR count). The molecule has 0 atom stereocenters. The molecule has 2 nitrogen and oxygen atoms in total. The summed E-state index contributed by atoms with van der Waals surface area (Å²) in [7, 11) is 0. The molecule has 0 spiro atoms. The van der Waals surface area contributed by atoms with Crippen molar-refractivity contribution < 1.29 is 5.11 Å². The minimum absolute atomic E-state index is 0.790. The largest absolute Gasteiger partial charge is 0.386 e. The minimum Gasteiger partial charge on any atom is -0.386 e. The molecule has 1 heterocycles. The molecule has 0 aliphatic rings. The highest BCUT2D eigenvalue weighted by Crippen LogP contribution is 2.16. The molecule has 53 valence electrons. The first-order valence-corrected chi connectivity index (χ1v) is 3.15. The maximum Gasteiger partial charge on any atom is 0.0886 e. The van der Waals surface area contributed by atoms with Gasteiger partial charge >= 0.3 is 0 Å². The molecule has 0 saturated heterocycles. The van der Waals surface area contributed by atoms with Gasteiger partial charge < -0.3 is 5.11 Å². The predicted octanol–water partition coefficient (Wildman–Crippen LogP) is 1.11. The van der Waals surface area contributed by atoms with Crippen molar-refractivity contribution in [3.63, 3.8) is 0 Å². The third-order valence-electron chi connectivity index (χ3n) is 1.32. The van der Waals surface area contributed by atoms with Gasteiger partial charge in [0.2, 0.25) is 0 Å². The van der Waals surface area contributed by atoms with Gasteiger partial charge in [0.15, 0.2) is 0 Å². The Morgan fingerprint density at radius 1 is 1.60 bits per heavy atom. The molecule has 0 aliphatic heterocycles. The Bertz CT molecular complexity index is 200. The third kappa shape index (κ3) is 1.54. The molecule has 0 bridgehead atoms. The maximum atomic E-state index is 9.44. The van der Waals surface area contributed by atoms with Gasteiger partial charge in [0.1, 0.15) is 0 Å². The summed E-state index contributed by atoms with van der Waals surface area (Å²) in [5.74, 6) is 0. The van der Waals surface area contributed by atoms with E-state index in [2.05, 4.69) is 11.2 Å². The van der Waals surface area contributed by atoms with Crippen LogP contribution in [0.3, 0.4) is 0 Å². The minimum atomic E-state index is -0.790. The van der Waals surface area contributed by atoms with Gasteiger partial charge in [-0.1, -0.05) is 6.07 Å². The molecule has 0 aliphatic carbocycles. The second-order valence-electron chi connectivity index (χ2n) is 2.73. The number of hydrogen-bond acceptors (Lipinski definition) is 2. The molecule has 1 aromatic rings. The van der Waals surface area contributed by atoms with Crippen molar-refractivity contribution in [2.24, 2.45) is 0 Å². The van der Waals surface area contributed by atoms with Crippen molar-refractivity contribution in [1.29, 1.82) is 0 Å². The third-order valence-corrected chi connectivity index (χ3v) is 1.32. The lowest BCUT2D eigenvalue weighted by Gasteiger charge is -2.15. The first-order chi connectivity index (χ1) is 4.61. The molecule has 0 saturated carbocycles. The lowest BCUT2D eigenvalue weighted by Crippen LogP contribution is -2.15. The van der Waals surface area contributed by atoms with Crippen LogP contribution in [0.5, 0.6) is 0 Å². The van der Waals surface area contributed by atoms with Gasteiger partial charge in [-0.05, 0) is 19.9 Å². The lowest BCUT2D eigenvalue weighted by atomic mass is 10.0. The fourth-order valence-corrected chi connectivity index (χ4v) is 0.682. The van der Waals surface area contributed by atoms with Crippen LogP contribution in [-0.4, -0.2) is 10.1 Å². The molecule has 1 N–H and O–H groups in total. The van der Waals surface area contributed by atoms with Gasteiger partial charge in [-0.3, -0.25) is 4.98 Å². The quantitative estimate of drug-likeness (QED) is 0.627. The van der Waals surface area contributed by atoms with E-state index < -0.39 is 5.60 Å². The van der Waals surface area contributed by atoms with Crippen molar-refractivity contribution in [1.82, 2.24) is 4.98 Å². The van der Waals surface area contributed by atoms with Gasteiger partial charge in [0, 0.05) is 11.8 Å². The van der Waals surface area contributed by atoms with E-state index in [1.165, 1.54) is 0 Å². The molecule has 0 aromatic carbocycles. The van der Waals surface area contributed by atoms with Gasteiger partial charge in [0.05, 0.1) is 11.8 Å². The normalized spacial score (nSPS) is 11.5. The average molecular weight is 136 g/mol. The van der Waals surface area contributed by atoms with E-state index in [4.69, 9.17) is 0 Å². The number of aromatic nitrogens is 1. The van der Waals surface area contributed by atoms with E-state index in [0.29, 0.717) is 0 Å². The lowest BCUT2D eigenvalue weighted by molar-refractivity contribution is 0.0782. The Morgan fingerprint density at radius 3 is 2.60 bits per heavy atom. The average Bonchev–Trinajstić information content (AvgIpc) is 1.88. The smallest absolute Gasteiger partial charge is 0.0886 e. The van der Waals surface area contributed by atoms with E-state index in [1.54, 1.807) is 32.2 Å². The van der Waals surface area contributed by atoms with E-state index in [0.717, 1.165) is 5.56 Å². The summed E-state index contributed by atoms with van der Waals surface area (Å²) < 4.78 is 0. The molecule has 2 heteroatoms. The Morgan fingerprint density at radius 2 is 2.30 bits per heavy atom. The fourth-order valence-electron chi connectivity index (χ4n) is 0.682. The number of aliphatic hydroxyl groups is 1. The van der Waals surface area contributed by atoms with Crippen LogP contribution in [0.4, 0.5) is 0 Å². The summed E-state index contributed by atoms with van der Waals surface area (Å²) in [6, 6.07) is 3.49. The van der Waals surface area contributed by atoms with Crippen molar-refractivity contribution in [3.8, 4) is 0 Å². The zero-order valence-corrected chi connectivity index (χ0v) is 6.13. The van der Waals surface area contributed by atoms with Crippen molar-refractivity contribution in [2.75, 3.05) is 0 Å². The first kappa shape index (κ1) is 7.22. The Balaban J connectivity index is 2.97. The molecule has 10 heavy (non-hydrogen) atoms. The van der Waals surface area contributed by atoms with Crippen LogP contribution in [0.25, 0.3) is 0 Å². The highest BCUT2D eigenvalue weighted by Gasteiger charge is 2.14. The molecule has 1 radical (unpaired) electrons. The molecule has 0 fully saturated rings. The number of pyridine rings is 1. The zero-order valence-electron chi connectivity index (χ0n) is 6.13. The summed E-state index contributed by atoms with van der Waals surface area (Å²) in [5.41, 5.74) is 0.0218. The number of hydrogen-bond donors (Lipinski definition) is 1. The van der Waals surface area contributed by atoms with Gasteiger partial charge in [-0.2, -0.15) is 0 Å². The van der Waals surface area contributed by atoms with Crippen molar-refractivity contribution >= 4 is 0 Å². The Hall–Kier alpha value is -0.890. The van der Waals surface area contributed by atoms with E-state index in [1.807, 2.05) is 0 Å². The van der Waals surface area contributed by atoms with Crippen LogP contribution in [0.15, 0.2) is 18.3 Å². The molecule has 0 unspecified atom stereocenters. The maximum absolute atomic E-state index is 9.44.